The van der Waals surface area contributed by atoms with E-state index in [9.17, 15) is 4.79 Å². The number of aromatic amines is 1. The summed E-state index contributed by atoms with van der Waals surface area (Å²) in [5.74, 6) is 1.08. The molecule has 7 nitrogen and oxygen atoms in total. The summed E-state index contributed by atoms with van der Waals surface area (Å²) in [6.07, 6.45) is 5.92. The zero-order valence-electron chi connectivity index (χ0n) is 12.5. The van der Waals surface area contributed by atoms with Crippen molar-refractivity contribution in [2.24, 2.45) is 7.05 Å². The molecule has 1 aliphatic carbocycles. The quantitative estimate of drug-likeness (QED) is 0.613. The second-order valence-corrected chi connectivity index (χ2v) is 6.05. The summed E-state index contributed by atoms with van der Waals surface area (Å²) in [5.41, 5.74) is 3.20. The molecule has 0 amide bonds. The van der Waals surface area contributed by atoms with Crippen LogP contribution in [-0.4, -0.2) is 29.4 Å². The molecule has 5 rings (SSSR count). The lowest BCUT2D eigenvalue weighted by Gasteiger charge is -2.05. The first-order chi connectivity index (χ1) is 11.2. The van der Waals surface area contributed by atoms with E-state index in [4.69, 9.17) is 0 Å². The van der Waals surface area contributed by atoms with Crippen molar-refractivity contribution in [1.29, 1.82) is 0 Å². The molecule has 0 bridgehead atoms. The summed E-state index contributed by atoms with van der Waals surface area (Å²) < 4.78 is 3.05. The van der Waals surface area contributed by atoms with Crippen molar-refractivity contribution >= 4 is 16.6 Å². The average Bonchev–Trinajstić information content (AvgIpc) is 3.13. The average molecular weight is 306 g/mol. The third kappa shape index (κ3) is 1.82. The molecule has 1 fully saturated rings. The maximum Gasteiger partial charge on any atom is 0.348 e. The van der Waals surface area contributed by atoms with Gasteiger partial charge in [0.05, 0.1) is 17.3 Å². The number of benzene rings is 1. The second-order valence-electron chi connectivity index (χ2n) is 6.05. The second kappa shape index (κ2) is 4.28. The Hall–Kier alpha value is -2.96. The van der Waals surface area contributed by atoms with Crippen LogP contribution in [0.2, 0.25) is 0 Å². The number of nitrogens with one attached hydrogen (secondary N) is 1. The fourth-order valence-electron chi connectivity index (χ4n) is 3.10. The Bertz CT molecular complexity index is 1110. The van der Waals surface area contributed by atoms with Crippen molar-refractivity contribution in [3.8, 4) is 11.4 Å². The molecule has 1 saturated carbocycles. The van der Waals surface area contributed by atoms with Gasteiger partial charge in [-0.05, 0) is 30.4 Å². The molecule has 3 aromatic heterocycles. The van der Waals surface area contributed by atoms with E-state index in [-0.39, 0.29) is 5.69 Å². The third-order valence-corrected chi connectivity index (χ3v) is 4.34. The maximum absolute atomic E-state index is 12.3. The first-order valence-corrected chi connectivity index (χ1v) is 7.61. The maximum atomic E-state index is 12.3. The molecule has 0 aliphatic heterocycles. The lowest BCUT2D eigenvalue weighted by Crippen LogP contribution is -2.17. The largest absolute Gasteiger partial charge is 0.348 e. The van der Waals surface area contributed by atoms with Gasteiger partial charge in [-0.15, -0.1) is 5.10 Å². The number of hydrogen-bond acceptors (Lipinski definition) is 4. The Balaban J connectivity index is 1.88. The Kier molecular flexibility index (Phi) is 2.34. The molecule has 0 saturated heterocycles. The molecule has 0 spiro atoms. The fraction of sp³-hybridized carbons (Fsp3) is 0.250. The van der Waals surface area contributed by atoms with E-state index in [0.29, 0.717) is 17.4 Å². The highest BCUT2D eigenvalue weighted by Crippen LogP contribution is 2.43. The Morgan fingerprint density at radius 1 is 1.30 bits per heavy atom. The third-order valence-electron chi connectivity index (χ3n) is 4.34. The van der Waals surface area contributed by atoms with Crippen LogP contribution in [0.3, 0.4) is 0 Å². The topological polar surface area (TPSA) is 80.9 Å². The van der Waals surface area contributed by atoms with Crippen molar-refractivity contribution < 1.29 is 0 Å². The van der Waals surface area contributed by atoms with E-state index in [2.05, 4.69) is 26.2 Å². The summed E-state index contributed by atoms with van der Waals surface area (Å²) >= 11 is 0. The molecule has 0 atom stereocenters. The van der Waals surface area contributed by atoms with Crippen molar-refractivity contribution in [1.82, 2.24) is 29.4 Å². The zero-order valence-corrected chi connectivity index (χ0v) is 12.5. The van der Waals surface area contributed by atoms with Crippen LogP contribution in [0.4, 0.5) is 0 Å². The molecule has 1 aromatic carbocycles. The molecule has 23 heavy (non-hydrogen) atoms. The highest BCUT2D eigenvalue weighted by molar-refractivity contribution is 5.95. The minimum Gasteiger partial charge on any atom is -0.305 e. The lowest BCUT2D eigenvalue weighted by atomic mass is 10.1. The molecule has 0 unspecified atom stereocenters. The standard InChI is InChI=1S/C16H14N6O/c1-21-8-10(7-17-21)14-19-15-13-11(9-5-6-9)3-2-4-12(13)18-16(23)22(15)20-14/h2-4,7-9H,5-6H2,1H3,(H,18,23). The molecule has 1 aliphatic rings. The molecule has 4 aromatic rings. The molecule has 3 heterocycles. The molecule has 7 heteroatoms. The zero-order chi connectivity index (χ0) is 15.6. The Morgan fingerprint density at radius 3 is 2.91 bits per heavy atom. The smallest absolute Gasteiger partial charge is 0.305 e. The van der Waals surface area contributed by atoms with Crippen LogP contribution in [0.5, 0.6) is 0 Å². The molecule has 0 radical (unpaired) electrons. The number of rotatable bonds is 2. The fourth-order valence-corrected chi connectivity index (χ4v) is 3.10. The SMILES string of the molecule is Cn1cc(-c2nc3c4c(C5CC5)cccc4[nH]c(=O)n3n2)cn1. The number of nitrogens with zero attached hydrogens (tertiary/aromatic N) is 5. The highest BCUT2D eigenvalue weighted by atomic mass is 16.1. The summed E-state index contributed by atoms with van der Waals surface area (Å²) in [6.45, 7) is 0. The summed E-state index contributed by atoms with van der Waals surface area (Å²) in [5, 5.41) is 9.52. The first-order valence-electron chi connectivity index (χ1n) is 7.61. The molecular formula is C16H14N6O. The van der Waals surface area contributed by atoms with E-state index in [1.54, 1.807) is 10.9 Å². The molecular weight excluding hydrogens is 292 g/mol. The van der Waals surface area contributed by atoms with Gasteiger partial charge in [0.1, 0.15) is 0 Å². The summed E-state index contributed by atoms with van der Waals surface area (Å²) in [6, 6.07) is 6.03. The van der Waals surface area contributed by atoms with Crippen LogP contribution in [-0.2, 0) is 7.05 Å². The normalized spacial score (nSPS) is 14.8. The van der Waals surface area contributed by atoms with Gasteiger partial charge < -0.3 is 4.98 Å². The number of hydrogen-bond donors (Lipinski definition) is 1. The highest BCUT2D eigenvalue weighted by Gasteiger charge is 2.27. The van der Waals surface area contributed by atoms with Crippen LogP contribution < -0.4 is 5.69 Å². The van der Waals surface area contributed by atoms with Gasteiger partial charge in [0, 0.05) is 18.6 Å². The summed E-state index contributed by atoms with van der Waals surface area (Å²) in [4.78, 5) is 19.9. The predicted molar refractivity (Wildman–Crippen MR) is 85.3 cm³/mol. The van der Waals surface area contributed by atoms with Crippen LogP contribution in [0.1, 0.15) is 24.3 Å². The monoisotopic (exact) mass is 306 g/mol. The van der Waals surface area contributed by atoms with Crippen LogP contribution >= 0.6 is 0 Å². The number of fused-ring (bicyclic) bond motifs is 3. The van der Waals surface area contributed by atoms with Gasteiger partial charge >= 0.3 is 5.69 Å². The van der Waals surface area contributed by atoms with Gasteiger partial charge in [0.2, 0.25) is 0 Å². The van der Waals surface area contributed by atoms with E-state index in [1.807, 2.05) is 25.4 Å². The van der Waals surface area contributed by atoms with Gasteiger partial charge in [0.15, 0.2) is 11.5 Å². The first kappa shape index (κ1) is 12.6. The minimum absolute atomic E-state index is 0.275. The van der Waals surface area contributed by atoms with E-state index < -0.39 is 0 Å². The lowest BCUT2D eigenvalue weighted by molar-refractivity contribution is 0.768. The molecule has 114 valence electrons. The van der Waals surface area contributed by atoms with Gasteiger partial charge in [0.25, 0.3) is 0 Å². The van der Waals surface area contributed by atoms with Gasteiger partial charge in [-0.2, -0.15) is 9.61 Å². The van der Waals surface area contributed by atoms with E-state index in [0.717, 1.165) is 16.5 Å². The van der Waals surface area contributed by atoms with Crippen molar-refractivity contribution in [2.75, 3.05) is 0 Å². The number of aryl methyl sites for hydroxylation is 1. The Labute approximate surface area is 130 Å². The molecule has 1 N–H and O–H groups in total. The van der Waals surface area contributed by atoms with E-state index in [1.165, 1.54) is 22.9 Å². The van der Waals surface area contributed by atoms with Crippen molar-refractivity contribution in [2.45, 2.75) is 18.8 Å². The van der Waals surface area contributed by atoms with Gasteiger partial charge in [-0.3, -0.25) is 4.68 Å². The van der Waals surface area contributed by atoms with E-state index >= 15 is 0 Å². The van der Waals surface area contributed by atoms with Crippen LogP contribution in [0.25, 0.3) is 27.9 Å². The van der Waals surface area contributed by atoms with Gasteiger partial charge in [-0.1, -0.05) is 12.1 Å². The van der Waals surface area contributed by atoms with Gasteiger partial charge in [-0.25, -0.2) is 9.78 Å². The van der Waals surface area contributed by atoms with Crippen molar-refractivity contribution in [3.05, 3.63) is 46.6 Å². The van der Waals surface area contributed by atoms with Crippen molar-refractivity contribution in [3.63, 3.8) is 0 Å². The number of H-pyrrole nitrogens is 1. The van der Waals surface area contributed by atoms with Crippen LogP contribution in [0, 0.1) is 0 Å². The Morgan fingerprint density at radius 2 is 2.17 bits per heavy atom. The minimum atomic E-state index is -0.275. The van der Waals surface area contributed by atoms with Crippen LogP contribution in [0.15, 0.2) is 35.4 Å². The number of aromatic nitrogens is 6. The predicted octanol–water partition coefficient (Wildman–Crippen LogP) is 1.85. The summed E-state index contributed by atoms with van der Waals surface area (Å²) in [7, 11) is 1.84.